The van der Waals surface area contributed by atoms with E-state index in [1.165, 1.54) is 0 Å². The predicted molar refractivity (Wildman–Crippen MR) is 50.1 cm³/mol. The Labute approximate surface area is 79.1 Å². The fourth-order valence-corrected chi connectivity index (χ4v) is 1.80. The van der Waals surface area contributed by atoms with Gasteiger partial charge in [-0.25, -0.2) is 0 Å². The summed E-state index contributed by atoms with van der Waals surface area (Å²) in [5, 5.41) is 6.10. The highest BCUT2D eigenvalue weighted by atomic mass is 32.1. The molecular weight excluding hydrogens is 186 g/mol. The maximum atomic E-state index is 11.1. The van der Waals surface area contributed by atoms with E-state index in [2.05, 4.69) is 5.32 Å². The van der Waals surface area contributed by atoms with Crippen LogP contribution in [0.3, 0.4) is 0 Å². The topological polar surface area (TPSA) is 46.2 Å². The summed E-state index contributed by atoms with van der Waals surface area (Å²) in [6.45, 7) is 0. The zero-order valence-corrected chi connectivity index (χ0v) is 7.56. The van der Waals surface area contributed by atoms with Crippen LogP contribution in [-0.4, -0.2) is 11.8 Å². The number of imide groups is 1. The van der Waals surface area contributed by atoms with Gasteiger partial charge in [-0.15, -0.1) is 0 Å². The van der Waals surface area contributed by atoms with Crippen molar-refractivity contribution in [1.82, 2.24) is 5.32 Å². The van der Waals surface area contributed by atoms with Gasteiger partial charge >= 0.3 is 0 Å². The highest BCUT2D eigenvalue weighted by molar-refractivity contribution is 7.08. The molecule has 0 aromatic carbocycles. The SMILES string of the molecule is O=C1CC(=Cc2ccsc2)C(=O)N1. The van der Waals surface area contributed by atoms with Gasteiger partial charge in [-0.3, -0.25) is 14.9 Å². The molecule has 0 saturated carbocycles. The molecule has 1 N–H and O–H groups in total. The first kappa shape index (κ1) is 8.19. The maximum Gasteiger partial charge on any atom is 0.254 e. The summed E-state index contributed by atoms with van der Waals surface area (Å²) in [6.07, 6.45) is 1.95. The van der Waals surface area contributed by atoms with Crippen molar-refractivity contribution in [3.8, 4) is 0 Å². The summed E-state index contributed by atoms with van der Waals surface area (Å²) in [5.74, 6) is -0.484. The fraction of sp³-hybridized carbons (Fsp3) is 0.111. The van der Waals surface area contributed by atoms with Gasteiger partial charge in [-0.05, 0) is 28.5 Å². The lowest BCUT2D eigenvalue weighted by Gasteiger charge is -1.88. The average Bonchev–Trinajstić information content (AvgIpc) is 2.63. The fourth-order valence-electron chi connectivity index (χ4n) is 1.18. The van der Waals surface area contributed by atoms with Crippen molar-refractivity contribution in [3.63, 3.8) is 0 Å². The lowest BCUT2D eigenvalue weighted by atomic mass is 10.1. The van der Waals surface area contributed by atoms with Crippen molar-refractivity contribution >= 4 is 29.2 Å². The van der Waals surface area contributed by atoms with Gasteiger partial charge in [0.05, 0.1) is 6.42 Å². The third kappa shape index (κ3) is 1.67. The number of carbonyl (C=O) groups excluding carboxylic acids is 2. The normalized spacial score (nSPS) is 19.5. The summed E-state index contributed by atoms with van der Waals surface area (Å²) in [5.41, 5.74) is 1.52. The molecule has 2 amide bonds. The largest absolute Gasteiger partial charge is 0.292 e. The van der Waals surface area contributed by atoms with Crippen LogP contribution in [0, 0.1) is 0 Å². The molecule has 4 heteroatoms. The monoisotopic (exact) mass is 193 g/mol. The van der Waals surface area contributed by atoms with Gasteiger partial charge in [-0.2, -0.15) is 11.3 Å². The molecule has 0 atom stereocenters. The van der Waals surface area contributed by atoms with E-state index in [-0.39, 0.29) is 18.2 Å². The third-order valence-electron chi connectivity index (χ3n) is 1.78. The molecule has 0 unspecified atom stereocenters. The Bertz CT molecular complexity index is 378. The molecule has 1 saturated heterocycles. The number of hydrogen-bond donors (Lipinski definition) is 1. The molecule has 0 spiro atoms. The second-order valence-corrected chi connectivity index (χ2v) is 3.56. The molecule has 3 nitrogen and oxygen atoms in total. The van der Waals surface area contributed by atoms with Crippen molar-refractivity contribution in [2.45, 2.75) is 6.42 Å². The van der Waals surface area contributed by atoms with Crippen LogP contribution in [0.4, 0.5) is 0 Å². The van der Waals surface area contributed by atoms with Crippen LogP contribution in [0.2, 0.25) is 0 Å². The Morgan fingerprint density at radius 3 is 2.85 bits per heavy atom. The van der Waals surface area contributed by atoms with Crippen LogP contribution in [0.1, 0.15) is 12.0 Å². The lowest BCUT2D eigenvalue weighted by Crippen LogP contribution is -2.19. The van der Waals surface area contributed by atoms with Gasteiger partial charge in [0.25, 0.3) is 5.91 Å². The van der Waals surface area contributed by atoms with Gasteiger partial charge in [0.2, 0.25) is 5.91 Å². The Hall–Kier alpha value is -1.42. The van der Waals surface area contributed by atoms with E-state index in [1.807, 2.05) is 16.8 Å². The summed E-state index contributed by atoms with van der Waals surface area (Å²) in [4.78, 5) is 21.9. The molecule has 13 heavy (non-hydrogen) atoms. The second kappa shape index (κ2) is 3.14. The molecule has 1 aliphatic heterocycles. The molecule has 1 aromatic rings. The van der Waals surface area contributed by atoms with Crippen molar-refractivity contribution in [2.75, 3.05) is 0 Å². The Kier molecular flexibility index (Phi) is 1.98. The van der Waals surface area contributed by atoms with Gasteiger partial charge in [-0.1, -0.05) is 0 Å². The average molecular weight is 193 g/mol. The number of hydrogen-bond acceptors (Lipinski definition) is 3. The van der Waals surface area contributed by atoms with Crippen molar-refractivity contribution < 1.29 is 9.59 Å². The molecule has 2 rings (SSSR count). The predicted octanol–water partition coefficient (Wildman–Crippen LogP) is 1.18. The molecule has 2 heterocycles. The minimum atomic E-state index is -0.267. The first-order valence-corrected chi connectivity index (χ1v) is 4.77. The number of carbonyl (C=O) groups is 2. The van der Waals surface area contributed by atoms with Gasteiger partial charge in [0.1, 0.15) is 0 Å². The van der Waals surface area contributed by atoms with Crippen LogP contribution in [0.15, 0.2) is 22.4 Å². The van der Waals surface area contributed by atoms with E-state index in [1.54, 1.807) is 17.4 Å². The number of amides is 2. The van der Waals surface area contributed by atoms with Crippen LogP contribution < -0.4 is 5.32 Å². The van der Waals surface area contributed by atoms with Crippen LogP contribution in [0.25, 0.3) is 6.08 Å². The Morgan fingerprint density at radius 1 is 1.46 bits per heavy atom. The first-order chi connectivity index (χ1) is 6.25. The number of nitrogens with one attached hydrogen (secondary N) is 1. The highest BCUT2D eigenvalue weighted by Gasteiger charge is 2.23. The van der Waals surface area contributed by atoms with Crippen LogP contribution in [-0.2, 0) is 9.59 Å². The summed E-state index contributed by atoms with van der Waals surface area (Å²) in [7, 11) is 0. The summed E-state index contributed by atoms with van der Waals surface area (Å²) in [6, 6.07) is 1.91. The van der Waals surface area contributed by atoms with E-state index < -0.39 is 0 Å². The molecule has 0 aliphatic carbocycles. The maximum absolute atomic E-state index is 11.1. The highest BCUT2D eigenvalue weighted by Crippen LogP contribution is 2.16. The summed E-state index contributed by atoms with van der Waals surface area (Å²) < 4.78 is 0. The summed E-state index contributed by atoms with van der Waals surface area (Å²) >= 11 is 1.56. The molecular formula is C9H7NO2S. The quantitative estimate of drug-likeness (QED) is 0.537. The standard InChI is InChI=1S/C9H7NO2S/c11-8-4-7(9(12)10-8)3-6-1-2-13-5-6/h1-3,5H,4H2,(H,10,11,12). The van der Waals surface area contributed by atoms with Crippen molar-refractivity contribution in [2.24, 2.45) is 0 Å². The molecule has 1 aromatic heterocycles. The van der Waals surface area contributed by atoms with Crippen LogP contribution >= 0.6 is 11.3 Å². The van der Waals surface area contributed by atoms with E-state index in [4.69, 9.17) is 0 Å². The van der Waals surface area contributed by atoms with Crippen LogP contribution in [0.5, 0.6) is 0 Å². The smallest absolute Gasteiger partial charge is 0.254 e. The molecule has 66 valence electrons. The molecule has 1 fully saturated rings. The van der Waals surface area contributed by atoms with E-state index in [9.17, 15) is 9.59 Å². The van der Waals surface area contributed by atoms with Gasteiger partial charge in [0.15, 0.2) is 0 Å². The Balaban J connectivity index is 2.27. The minimum Gasteiger partial charge on any atom is -0.292 e. The molecule has 0 radical (unpaired) electrons. The zero-order valence-electron chi connectivity index (χ0n) is 6.74. The van der Waals surface area contributed by atoms with Gasteiger partial charge in [0, 0.05) is 5.57 Å². The van der Waals surface area contributed by atoms with E-state index in [0.717, 1.165) is 5.56 Å². The number of thiophene rings is 1. The third-order valence-corrected chi connectivity index (χ3v) is 2.48. The van der Waals surface area contributed by atoms with Crippen molar-refractivity contribution in [3.05, 3.63) is 28.0 Å². The molecule has 1 aliphatic rings. The lowest BCUT2D eigenvalue weighted by molar-refractivity contribution is -0.124. The zero-order chi connectivity index (χ0) is 9.26. The van der Waals surface area contributed by atoms with Crippen molar-refractivity contribution in [1.29, 1.82) is 0 Å². The molecule has 0 bridgehead atoms. The second-order valence-electron chi connectivity index (χ2n) is 2.78. The Morgan fingerprint density at radius 2 is 2.31 bits per heavy atom. The van der Waals surface area contributed by atoms with E-state index >= 15 is 0 Å². The minimum absolute atomic E-state index is 0.203. The van der Waals surface area contributed by atoms with Gasteiger partial charge < -0.3 is 0 Å². The first-order valence-electron chi connectivity index (χ1n) is 3.82. The van der Waals surface area contributed by atoms with E-state index in [0.29, 0.717) is 5.57 Å². The number of rotatable bonds is 1.